The van der Waals surface area contributed by atoms with Gasteiger partial charge in [-0.05, 0) is 63.7 Å². The number of nitrogens with zero attached hydrogens (tertiary/aromatic N) is 4. The van der Waals surface area contributed by atoms with Gasteiger partial charge >= 0.3 is 0 Å². The number of aromatic nitrogens is 4. The summed E-state index contributed by atoms with van der Waals surface area (Å²) in [6, 6.07) is 60.0. The predicted molar refractivity (Wildman–Crippen MR) is 213 cm³/mol. The Morgan fingerprint density at radius 1 is 0.385 bits per heavy atom. The van der Waals surface area contributed by atoms with Crippen LogP contribution < -0.4 is 0 Å². The first-order valence-corrected chi connectivity index (χ1v) is 17.8. The van der Waals surface area contributed by atoms with Crippen LogP contribution in [-0.2, 0) is 5.41 Å². The summed E-state index contributed by atoms with van der Waals surface area (Å²) in [4.78, 5) is 15.0. The summed E-state index contributed by atoms with van der Waals surface area (Å²) < 4.78 is 2.42. The van der Waals surface area contributed by atoms with Gasteiger partial charge in [0.05, 0.1) is 11.0 Å². The van der Waals surface area contributed by atoms with Crippen molar-refractivity contribution in [2.75, 3.05) is 0 Å². The highest BCUT2D eigenvalue weighted by Gasteiger charge is 2.36. The van der Waals surface area contributed by atoms with Gasteiger partial charge in [0.2, 0.25) is 0 Å². The third kappa shape index (κ3) is 4.72. The Balaban J connectivity index is 1.11. The molecule has 1 aliphatic rings. The van der Waals surface area contributed by atoms with E-state index in [1.165, 1.54) is 44.1 Å². The molecule has 0 radical (unpaired) electrons. The van der Waals surface area contributed by atoms with E-state index in [1.54, 1.807) is 0 Å². The minimum absolute atomic E-state index is 0.0786. The summed E-state index contributed by atoms with van der Waals surface area (Å²) >= 11 is 0. The number of para-hydroxylation sites is 1. The summed E-state index contributed by atoms with van der Waals surface area (Å²) in [5, 5.41) is 2.53. The summed E-state index contributed by atoms with van der Waals surface area (Å²) in [5.41, 5.74) is 13.9. The molecule has 4 heteroatoms. The van der Waals surface area contributed by atoms with Gasteiger partial charge in [-0.2, -0.15) is 0 Å². The molecule has 9 aromatic rings. The van der Waals surface area contributed by atoms with Crippen molar-refractivity contribution in [2.45, 2.75) is 19.3 Å². The molecule has 0 saturated carbocycles. The number of benzene rings is 7. The largest absolute Gasteiger partial charge is 0.309 e. The third-order valence-corrected chi connectivity index (χ3v) is 10.7. The number of hydrogen-bond donors (Lipinski definition) is 0. The fourth-order valence-corrected chi connectivity index (χ4v) is 8.09. The van der Waals surface area contributed by atoms with Gasteiger partial charge in [0.1, 0.15) is 0 Å². The van der Waals surface area contributed by atoms with Crippen molar-refractivity contribution >= 4 is 21.8 Å². The highest BCUT2D eigenvalue weighted by Crippen LogP contribution is 2.51. The lowest BCUT2D eigenvalue weighted by atomic mass is 9.82. The lowest BCUT2D eigenvalue weighted by molar-refractivity contribution is 0.661. The SMILES string of the molecule is CC1(C)c2ccccc2-c2cc3c4ccccc4n(-c4ccc(-c5ccccc5-c5nc(-c6ccccc6)nc(-c6ccccc6)n5)cc4)c3cc21. The fourth-order valence-electron chi connectivity index (χ4n) is 8.09. The average molecular weight is 667 g/mol. The van der Waals surface area contributed by atoms with Gasteiger partial charge in [0, 0.05) is 38.6 Å². The Hall–Kier alpha value is -6.65. The molecule has 0 amide bonds. The molecule has 0 atom stereocenters. The van der Waals surface area contributed by atoms with Crippen LogP contribution in [0, 0.1) is 0 Å². The molecule has 246 valence electrons. The van der Waals surface area contributed by atoms with Crippen molar-refractivity contribution in [3.05, 3.63) is 181 Å². The van der Waals surface area contributed by atoms with Crippen LogP contribution in [0.4, 0.5) is 0 Å². The van der Waals surface area contributed by atoms with E-state index in [1.807, 2.05) is 60.7 Å². The summed E-state index contributed by atoms with van der Waals surface area (Å²) in [6.45, 7) is 4.70. The molecule has 0 saturated heterocycles. The summed E-state index contributed by atoms with van der Waals surface area (Å²) in [6.07, 6.45) is 0. The Labute approximate surface area is 302 Å². The van der Waals surface area contributed by atoms with E-state index in [2.05, 4.69) is 128 Å². The molecule has 0 bridgehead atoms. The summed E-state index contributed by atoms with van der Waals surface area (Å²) in [5.74, 6) is 1.95. The molecule has 4 nitrogen and oxygen atoms in total. The Morgan fingerprint density at radius 2 is 0.942 bits per heavy atom. The van der Waals surface area contributed by atoms with Crippen LogP contribution >= 0.6 is 0 Å². The van der Waals surface area contributed by atoms with Crippen LogP contribution in [0.25, 0.3) is 83.9 Å². The summed E-state index contributed by atoms with van der Waals surface area (Å²) in [7, 11) is 0. The molecule has 0 unspecified atom stereocenters. The molecule has 52 heavy (non-hydrogen) atoms. The van der Waals surface area contributed by atoms with Gasteiger partial charge in [0.25, 0.3) is 0 Å². The minimum Gasteiger partial charge on any atom is -0.309 e. The highest BCUT2D eigenvalue weighted by atomic mass is 15.0. The van der Waals surface area contributed by atoms with Gasteiger partial charge in [-0.3, -0.25) is 0 Å². The van der Waals surface area contributed by atoms with Gasteiger partial charge in [-0.25, -0.2) is 15.0 Å². The molecule has 2 aromatic heterocycles. The van der Waals surface area contributed by atoms with Crippen molar-refractivity contribution in [1.82, 2.24) is 19.5 Å². The fraction of sp³-hybridized carbons (Fsp3) is 0.0625. The Morgan fingerprint density at radius 3 is 1.63 bits per heavy atom. The smallest absolute Gasteiger partial charge is 0.164 e. The van der Waals surface area contributed by atoms with E-state index in [0.29, 0.717) is 17.5 Å². The van der Waals surface area contributed by atoms with Crippen LogP contribution in [-0.4, -0.2) is 19.5 Å². The zero-order valence-electron chi connectivity index (χ0n) is 29.0. The molecule has 10 rings (SSSR count). The average Bonchev–Trinajstić information content (AvgIpc) is 3.65. The number of fused-ring (bicyclic) bond motifs is 6. The molecular formula is C48H34N4. The second-order valence-corrected chi connectivity index (χ2v) is 14.1. The topological polar surface area (TPSA) is 43.6 Å². The van der Waals surface area contributed by atoms with E-state index >= 15 is 0 Å². The van der Waals surface area contributed by atoms with Crippen LogP contribution in [0.2, 0.25) is 0 Å². The zero-order chi connectivity index (χ0) is 34.8. The van der Waals surface area contributed by atoms with Gasteiger partial charge in [-0.1, -0.05) is 153 Å². The van der Waals surface area contributed by atoms with Gasteiger partial charge < -0.3 is 4.57 Å². The van der Waals surface area contributed by atoms with Crippen LogP contribution in [0.3, 0.4) is 0 Å². The normalized spacial score (nSPS) is 13.0. The van der Waals surface area contributed by atoms with Crippen molar-refractivity contribution in [2.24, 2.45) is 0 Å². The van der Waals surface area contributed by atoms with Crippen LogP contribution in [0.15, 0.2) is 170 Å². The molecular weight excluding hydrogens is 633 g/mol. The first kappa shape index (κ1) is 30.2. The van der Waals surface area contributed by atoms with E-state index in [9.17, 15) is 0 Å². The Bertz CT molecular complexity index is 2740. The van der Waals surface area contributed by atoms with E-state index in [4.69, 9.17) is 15.0 Å². The second kappa shape index (κ2) is 11.7. The second-order valence-electron chi connectivity index (χ2n) is 14.1. The monoisotopic (exact) mass is 666 g/mol. The van der Waals surface area contributed by atoms with Crippen LogP contribution in [0.1, 0.15) is 25.0 Å². The number of hydrogen-bond acceptors (Lipinski definition) is 3. The standard InChI is InChI=1S/C48H34N4/c1-48(2)41-23-13-11-20-36(41)39-29-40-37-21-12-14-24-43(37)52(44(40)30-42(39)48)34-27-25-31(26-28-34)35-19-9-10-22-38(35)47-50-45(32-15-5-3-6-16-32)49-46(51-47)33-17-7-4-8-18-33/h3-30H,1-2H3. The minimum atomic E-state index is -0.0786. The van der Waals surface area contributed by atoms with Crippen molar-refractivity contribution in [3.8, 4) is 62.1 Å². The molecule has 1 aliphatic carbocycles. The molecule has 0 fully saturated rings. The molecule has 0 spiro atoms. The quantitative estimate of drug-likeness (QED) is 0.184. The van der Waals surface area contributed by atoms with Gasteiger partial charge in [0.15, 0.2) is 17.5 Å². The Kier molecular flexibility index (Phi) is 6.80. The zero-order valence-corrected chi connectivity index (χ0v) is 29.0. The lowest BCUT2D eigenvalue weighted by Crippen LogP contribution is -2.14. The van der Waals surface area contributed by atoms with Crippen molar-refractivity contribution in [3.63, 3.8) is 0 Å². The molecule has 0 aliphatic heterocycles. The molecule has 0 N–H and O–H groups in total. The van der Waals surface area contributed by atoms with E-state index < -0.39 is 0 Å². The number of rotatable bonds is 5. The maximum absolute atomic E-state index is 5.04. The molecule has 7 aromatic carbocycles. The first-order valence-electron chi connectivity index (χ1n) is 17.8. The maximum Gasteiger partial charge on any atom is 0.164 e. The molecule has 2 heterocycles. The first-order chi connectivity index (χ1) is 25.5. The maximum atomic E-state index is 5.04. The van der Waals surface area contributed by atoms with Crippen molar-refractivity contribution < 1.29 is 0 Å². The van der Waals surface area contributed by atoms with E-state index in [0.717, 1.165) is 33.5 Å². The van der Waals surface area contributed by atoms with Crippen molar-refractivity contribution in [1.29, 1.82) is 0 Å². The third-order valence-electron chi connectivity index (χ3n) is 10.7. The lowest BCUT2D eigenvalue weighted by Gasteiger charge is -2.21. The predicted octanol–water partition coefficient (Wildman–Crippen LogP) is 11.9. The van der Waals surface area contributed by atoms with Gasteiger partial charge in [-0.15, -0.1) is 0 Å². The van der Waals surface area contributed by atoms with Crippen LogP contribution in [0.5, 0.6) is 0 Å². The van der Waals surface area contributed by atoms with E-state index in [-0.39, 0.29) is 5.41 Å². The highest BCUT2D eigenvalue weighted by molar-refractivity contribution is 6.11.